The Labute approximate surface area is 270 Å². The molecule has 0 saturated heterocycles. The van der Waals surface area contributed by atoms with Crippen molar-refractivity contribution in [1.82, 2.24) is 10.4 Å². The molecule has 0 fully saturated rings. The maximum atomic E-state index is 12.7. The predicted octanol–water partition coefficient (Wildman–Crippen LogP) is 8.72. The largest absolute Gasteiger partial charge is 0.487 e. The molecule has 0 spiro atoms. The quantitative estimate of drug-likeness (QED) is 0.0892. The van der Waals surface area contributed by atoms with Crippen molar-refractivity contribution < 1.29 is 9.53 Å². The monoisotopic (exact) mass is 784 g/mol. The second-order valence-corrected chi connectivity index (χ2v) is 12.6. The van der Waals surface area contributed by atoms with Gasteiger partial charge in [0, 0.05) is 22.2 Å². The van der Waals surface area contributed by atoms with Gasteiger partial charge in [0.25, 0.3) is 5.91 Å². The number of halogens is 2. The summed E-state index contributed by atoms with van der Waals surface area (Å²) in [6, 6.07) is 27.8. The fourth-order valence-corrected chi connectivity index (χ4v) is 6.75. The maximum Gasteiger partial charge on any atom is 0.271 e. The average molecular weight is 784 g/mol. The molecule has 0 radical (unpaired) electrons. The van der Waals surface area contributed by atoms with E-state index in [1.165, 1.54) is 22.5 Å². The van der Waals surface area contributed by atoms with E-state index < -0.39 is 0 Å². The number of carbonyl (C=O) groups is 1. The fraction of sp³-hybridized carbons (Fsp3) is 0.0938. The second kappa shape index (κ2) is 13.6. The van der Waals surface area contributed by atoms with Crippen molar-refractivity contribution in [1.29, 1.82) is 0 Å². The van der Waals surface area contributed by atoms with Crippen molar-refractivity contribution in [3.63, 3.8) is 0 Å². The number of thiazole rings is 1. The zero-order valence-electron chi connectivity index (χ0n) is 22.3. The van der Waals surface area contributed by atoms with Crippen LogP contribution in [-0.2, 0) is 6.61 Å². The molecule has 0 aliphatic carbocycles. The Bertz CT molecular complexity index is 1660. The van der Waals surface area contributed by atoms with Crippen LogP contribution in [0.1, 0.15) is 32.6 Å². The molecule has 1 amide bonds. The summed E-state index contributed by atoms with van der Waals surface area (Å²) >= 11 is 6.06. The lowest BCUT2D eigenvalue weighted by atomic mass is 10.1. The second-order valence-electron chi connectivity index (χ2n) is 9.39. The van der Waals surface area contributed by atoms with Gasteiger partial charge in [-0.1, -0.05) is 59.7 Å². The van der Waals surface area contributed by atoms with E-state index in [2.05, 4.69) is 116 Å². The van der Waals surface area contributed by atoms with E-state index in [1.54, 1.807) is 18.3 Å². The van der Waals surface area contributed by atoms with Gasteiger partial charge in [-0.05, 0) is 107 Å². The molecule has 5 aromatic rings. The van der Waals surface area contributed by atoms with Crippen LogP contribution in [0.15, 0.2) is 95.4 Å². The Kier molecular flexibility index (Phi) is 9.68. The number of carbonyl (C=O) groups excluding carboxylic acids is 1. The lowest BCUT2D eigenvalue weighted by molar-refractivity contribution is 0.0955. The molecule has 0 atom stereocenters. The number of hydrogen-bond acceptors (Lipinski definition) is 6. The van der Waals surface area contributed by atoms with Gasteiger partial charge < -0.3 is 10.1 Å². The molecule has 9 heteroatoms. The van der Waals surface area contributed by atoms with Crippen LogP contribution in [0.3, 0.4) is 0 Å². The van der Waals surface area contributed by atoms with Crippen LogP contribution in [-0.4, -0.2) is 17.1 Å². The third-order valence-electron chi connectivity index (χ3n) is 6.15. The number of amides is 1. The molecule has 0 aliphatic rings. The molecule has 0 saturated carbocycles. The van der Waals surface area contributed by atoms with Crippen LogP contribution < -0.4 is 15.5 Å². The van der Waals surface area contributed by atoms with Crippen molar-refractivity contribution in [2.75, 3.05) is 5.32 Å². The van der Waals surface area contributed by atoms with E-state index in [1.807, 2.05) is 41.8 Å². The molecule has 5 rings (SSSR count). The minimum absolute atomic E-state index is 0.282. The first-order chi connectivity index (χ1) is 19.8. The molecule has 2 N–H and O–H groups in total. The van der Waals surface area contributed by atoms with Crippen LogP contribution in [0.2, 0.25) is 0 Å². The number of rotatable bonds is 9. The van der Waals surface area contributed by atoms with E-state index in [-0.39, 0.29) is 5.91 Å². The van der Waals surface area contributed by atoms with Gasteiger partial charge in [0.2, 0.25) is 0 Å². The van der Waals surface area contributed by atoms with Gasteiger partial charge in [0.1, 0.15) is 12.4 Å². The van der Waals surface area contributed by atoms with Crippen molar-refractivity contribution >= 4 is 79.5 Å². The van der Waals surface area contributed by atoms with Gasteiger partial charge in [0.05, 0.1) is 19.0 Å². The number of benzene rings is 4. The van der Waals surface area contributed by atoms with E-state index in [0.29, 0.717) is 12.2 Å². The third-order valence-corrected chi connectivity index (χ3v) is 8.51. The Morgan fingerprint density at radius 1 is 0.927 bits per heavy atom. The molecule has 1 aromatic heterocycles. The first-order valence-corrected chi connectivity index (χ1v) is 15.8. The molecular weight excluding hydrogens is 758 g/mol. The predicted molar refractivity (Wildman–Crippen MR) is 184 cm³/mol. The molecule has 0 bridgehead atoms. The number of hydrogen-bond donors (Lipinski definition) is 2. The number of ether oxygens (including phenoxy) is 1. The zero-order chi connectivity index (χ0) is 28.8. The van der Waals surface area contributed by atoms with Crippen molar-refractivity contribution in [2.45, 2.75) is 20.5 Å². The van der Waals surface area contributed by atoms with E-state index in [0.717, 1.165) is 46.1 Å². The van der Waals surface area contributed by atoms with Gasteiger partial charge in [-0.2, -0.15) is 5.10 Å². The summed E-state index contributed by atoms with van der Waals surface area (Å²) < 4.78 is 8.04. The first-order valence-electron chi connectivity index (χ1n) is 12.7. The Hall–Kier alpha value is -3.29. The molecule has 1 heterocycles. The van der Waals surface area contributed by atoms with Gasteiger partial charge in [-0.15, -0.1) is 11.3 Å². The highest BCUT2D eigenvalue weighted by molar-refractivity contribution is 14.1. The van der Waals surface area contributed by atoms with Crippen LogP contribution >= 0.6 is 56.5 Å². The SMILES string of the molecule is Cc1ccc(COc2c(I)cc(/C=N\NC(=O)c3ccc(-c4csc(Nc5ccc(C)cc5)n4)cc3)cc2I)cc1. The van der Waals surface area contributed by atoms with Gasteiger partial charge in [-0.25, -0.2) is 10.4 Å². The standard InChI is InChI=1S/C32H26I2N4O2S/c1-20-3-7-22(8-4-20)18-40-30-27(33)15-23(16-28(30)34)17-35-38-31(39)25-11-9-24(10-12-25)29-19-41-32(37-29)36-26-13-5-21(2)6-14-26/h3-17,19H,18H2,1-2H3,(H,36,37)(H,38,39)/b35-17-. The number of nitrogens with zero attached hydrogens (tertiary/aromatic N) is 2. The van der Waals surface area contributed by atoms with Gasteiger partial charge >= 0.3 is 0 Å². The summed E-state index contributed by atoms with van der Waals surface area (Å²) in [6.07, 6.45) is 1.64. The summed E-state index contributed by atoms with van der Waals surface area (Å²) in [6.45, 7) is 4.63. The minimum Gasteiger partial charge on any atom is -0.487 e. The van der Waals surface area contributed by atoms with Crippen LogP contribution in [0.25, 0.3) is 11.3 Å². The molecule has 4 aromatic carbocycles. The summed E-state index contributed by atoms with van der Waals surface area (Å²) in [5.41, 5.74) is 10.3. The summed E-state index contributed by atoms with van der Waals surface area (Å²) in [5, 5.41) is 10.3. The van der Waals surface area contributed by atoms with Crippen LogP contribution in [0, 0.1) is 21.0 Å². The highest BCUT2D eigenvalue weighted by Gasteiger charge is 2.10. The van der Waals surface area contributed by atoms with Crippen LogP contribution in [0.5, 0.6) is 5.75 Å². The first kappa shape index (κ1) is 29.2. The molecule has 6 nitrogen and oxygen atoms in total. The molecular formula is C32H26I2N4O2S. The number of aryl methyl sites for hydroxylation is 2. The molecule has 0 aliphatic heterocycles. The number of anilines is 2. The average Bonchev–Trinajstić information content (AvgIpc) is 3.43. The minimum atomic E-state index is -0.282. The normalized spacial score (nSPS) is 11.0. The zero-order valence-corrected chi connectivity index (χ0v) is 27.5. The Balaban J connectivity index is 1.16. The highest BCUT2D eigenvalue weighted by atomic mass is 127. The smallest absolute Gasteiger partial charge is 0.271 e. The van der Waals surface area contributed by atoms with Crippen molar-refractivity contribution in [3.8, 4) is 17.0 Å². The topological polar surface area (TPSA) is 75.6 Å². The highest BCUT2D eigenvalue weighted by Crippen LogP contribution is 2.30. The van der Waals surface area contributed by atoms with E-state index in [4.69, 9.17) is 4.74 Å². The molecule has 41 heavy (non-hydrogen) atoms. The van der Waals surface area contributed by atoms with Crippen molar-refractivity contribution in [2.24, 2.45) is 5.10 Å². The molecule has 0 unspecified atom stereocenters. The van der Waals surface area contributed by atoms with Gasteiger partial charge in [-0.3, -0.25) is 4.79 Å². The number of hydrazone groups is 1. The Morgan fingerprint density at radius 3 is 2.22 bits per heavy atom. The number of aromatic nitrogens is 1. The third kappa shape index (κ3) is 7.92. The summed E-state index contributed by atoms with van der Waals surface area (Å²) in [4.78, 5) is 17.4. The van der Waals surface area contributed by atoms with E-state index in [9.17, 15) is 4.79 Å². The summed E-state index contributed by atoms with van der Waals surface area (Å²) in [7, 11) is 0. The molecule has 206 valence electrons. The number of nitrogens with one attached hydrogen (secondary N) is 2. The van der Waals surface area contributed by atoms with Gasteiger partial charge in [0.15, 0.2) is 5.13 Å². The lowest BCUT2D eigenvalue weighted by Crippen LogP contribution is -2.17. The van der Waals surface area contributed by atoms with Crippen LogP contribution in [0.4, 0.5) is 10.8 Å². The van der Waals surface area contributed by atoms with E-state index >= 15 is 0 Å². The maximum absolute atomic E-state index is 12.7. The fourth-order valence-electron chi connectivity index (χ4n) is 3.88. The summed E-state index contributed by atoms with van der Waals surface area (Å²) in [5.74, 6) is 0.557. The lowest BCUT2D eigenvalue weighted by Gasteiger charge is -2.11. The van der Waals surface area contributed by atoms with Crippen molar-refractivity contribution in [3.05, 3.63) is 125 Å². The Morgan fingerprint density at radius 2 is 1.56 bits per heavy atom.